The van der Waals surface area contributed by atoms with E-state index in [0.717, 1.165) is 30.4 Å². The van der Waals surface area contributed by atoms with Crippen LogP contribution in [0.2, 0.25) is 0 Å². The summed E-state index contributed by atoms with van der Waals surface area (Å²) in [6, 6.07) is 10.3. The van der Waals surface area contributed by atoms with Crippen LogP contribution in [-0.4, -0.2) is 45.2 Å². The molecule has 2 rings (SSSR count). The molecule has 0 saturated carbocycles. The lowest BCUT2D eigenvalue weighted by molar-refractivity contribution is 0.261. The van der Waals surface area contributed by atoms with Gasteiger partial charge in [0.15, 0.2) is 5.96 Å². The molecule has 0 amide bonds. The third-order valence-corrected chi connectivity index (χ3v) is 4.80. The van der Waals surface area contributed by atoms with E-state index in [9.17, 15) is 0 Å². The van der Waals surface area contributed by atoms with Crippen LogP contribution in [0.25, 0.3) is 0 Å². The Balaban J connectivity index is 1.81. The van der Waals surface area contributed by atoms with Gasteiger partial charge in [0.2, 0.25) is 0 Å². The minimum atomic E-state index is 0.688. The highest BCUT2D eigenvalue weighted by atomic mass is 32.1. The smallest absolute Gasteiger partial charge is 0.191 e. The number of hydrogen-bond donors (Lipinski definition) is 2. The van der Waals surface area contributed by atoms with Crippen LogP contribution in [0.15, 0.2) is 40.7 Å². The van der Waals surface area contributed by atoms with Crippen molar-refractivity contribution in [1.82, 2.24) is 15.5 Å². The molecule has 0 saturated heterocycles. The summed E-state index contributed by atoms with van der Waals surface area (Å²) < 4.78 is 5.79. The quantitative estimate of drug-likeness (QED) is 0.561. The Bertz CT molecular complexity index is 682. The minimum absolute atomic E-state index is 0.688. The Morgan fingerprint density at radius 2 is 2.00 bits per heavy atom. The van der Waals surface area contributed by atoms with Crippen molar-refractivity contribution < 1.29 is 4.74 Å². The molecular weight excluding hydrogens is 332 g/mol. The van der Waals surface area contributed by atoms with E-state index in [1.807, 2.05) is 26.2 Å². The highest BCUT2D eigenvalue weighted by Crippen LogP contribution is 2.15. The average Bonchev–Trinajstić information content (AvgIpc) is 3.00. The fourth-order valence-electron chi connectivity index (χ4n) is 2.25. The first-order valence-electron chi connectivity index (χ1n) is 8.42. The van der Waals surface area contributed by atoms with Crippen LogP contribution in [0.5, 0.6) is 5.75 Å². The number of aryl methyl sites for hydroxylation is 1. The van der Waals surface area contributed by atoms with Crippen LogP contribution < -0.4 is 15.4 Å². The van der Waals surface area contributed by atoms with E-state index >= 15 is 0 Å². The largest absolute Gasteiger partial charge is 0.492 e. The average molecular weight is 361 g/mol. The van der Waals surface area contributed by atoms with Gasteiger partial charge >= 0.3 is 0 Å². The number of nitrogens with zero attached hydrogens (tertiary/aromatic N) is 2. The van der Waals surface area contributed by atoms with Crippen molar-refractivity contribution in [1.29, 1.82) is 0 Å². The standard InChI is InChI=1S/C19H28N4OS/c1-15-8-11-25-18(15)14-22-19(20-2)21-13-16-6-5-7-17(12-16)24-10-9-23(3)4/h5-8,11-12H,9-10,13-14H2,1-4H3,(H2,20,21,22). The van der Waals surface area contributed by atoms with Crippen molar-refractivity contribution in [2.75, 3.05) is 34.3 Å². The van der Waals surface area contributed by atoms with E-state index in [-0.39, 0.29) is 0 Å². The highest BCUT2D eigenvalue weighted by molar-refractivity contribution is 7.10. The molecule has 0 spiro atoms. The molecule has 1 heterocycles. The van der Waals surface area contributed by atoms with Crippen molar-refractivity contribution in [2.24, 2.45) is 4.99 Å². The van der Waals surface area contributed by atoms with Gasteiger partial charge < -0.3 is 20.3 Å². The lowest BCUT2D eigenvalue weighted by Crippen LogP contribution is -2.36. The van der Waals surface area contributed by atoms with Crippen molar-refractivity contribution in [2.45, 2.75) is 20.0 Å². The van der Waals surface area contributed by atoms with Crippen LogP contribution in [0.3, 0.4) is 0 Å². The maximum absolute atomic E-state index is 5.79. The normalized spacial score (nSPS) is 11.6. The molecule has 0 unspecified atom stereocenters. The lowest BCUT2D eigenvalue weighted by Gasteiger charge is -2.13. The molecule has 1 aromatic carbocycles. The summed E-state index contributed by atoms with van der Waals surface area (Å²) in [5.74, 6) is 1.70. The van der Waals surface area contributed by atoms with Gasteiger partial charge in [-0.1, -0.05) is 12.1 Å². The molecule has 0 aliphatic rings. The number of rotatable bonds is 8. The van der Waals surface area contributed by atoms with Gasteiger partial charge in [-0.3, -0.25) is 4.99 Å². The number of nitrogens with one attached hydrogen (secondary N) is 2. The zero-order valence-corrected chi connectivity index (χ0v) is 16.3. The summed E-state index contributed by atoms with van der Waals surface area (Å²) in [5.41, 5.74) is 2.48. The van der Waals surface area contributed by atoms with E-state index in [1.54, 1.807) is 18.4 Å². The molecule has 136 valence electrons. The molecule has 0 radical (unpaired) electrons. The first kappa shape index (κ1) is 19.3. The summed E-state index contributed by atoms with van der Waals surface area (Å²) in [4.78, 5) is 7.73. The van der Waals surface area contributed by atoms with Gasteiger partial charge in [-0.2, -0.15) is 0 Å². The van der Waals surface area contributed by atoms with E-state index in [0.29, 0.717) is 13.2 Å². The van der Waals surface area contributed by atoms with Gasteiger partial charge in [-0.25, -0.2) is 0 Å². The fraction of sp³-hybridized carbons (Fsp3) is 0.421. The monoisotopic (exact) mass is 360 g/mol. The van der Waals surface area contributed by atoms with E-state index in [4.69, 9.17) is 4.74 Å². The van der Waals surface area contributed by atoms with Gasteiger partial charge in [0.05, 0.1) is 6.54 Å². The van der Waals surface area contributed by atoms with Crippen LogP contribution in [-0.2, 0) is 13.1 Å². The number of likely N-dealkylation sites (N-methyl/N-ethyl adjacent to an activating group) is 1. The topological polar surface area (TPSA) is 48.9 Å². The van der Waals surface area contributed by atoms with Gasteiger partial charge in [0, 0.05) is 25.0 Å². The molecule has 0 bridgehead atoms. The molecule has 2 aromatic rings. The third kappa shape index (κ3) is 6.76. The van der Waals surface area contributed by atoms with E-state index in [1.165, 1.54) is 10.4 Å². The molecule has 0 aliphatic carbocycles. The highest BCUT2D eigenvalue weighted by Gasteiger charge is 2.03. The second kappa shape index (κ2) is 10.1. The van der Waals surface area contributed by atoms with Crippen LogP contribution >= 0.6 is 11.3 Å². The van der Waals surface area contributed by atoms with Crippen molar-refractivity contribution in [3.8, 4) is 5.75 Å². The second-order valence-electron chi connectivity index (χ2n) is 6.11. The second-order valence-corrected chi connectivity index (χ2v) is 7.11. The molecular formula is C19H28N4OS. The fourth-order valence-corrected chi connectivity index (χ4v) is 3.09. The summed E-state index contributed by atoms with van der Waals surface area (Å²) in [6.45, 7) is 5.21. The van der Waals surface area contributed by atoms with Crippen molar-refractivity contribution >= 4 is 17.3 Å². The molecule has 5 nitrogen and oxygen atoms in total. The number of guanidine groups is 1. The first-order valence-corrected chi connectivity index (χ1v) is 9.30. The first-order chi connectivity index (χ1) is 12.1. The summed E-state index contributed by atoms with van der Waals surface area (Å²) in [6.07, 6.45) is 0. The maximum Gasteiger partial charge on any atom is 0.191 e. The molecule has 25 heavy (non-hydrogen) atoms. The SMILES string of the molecule is CN=C(NCc1cccc(OCCN(C)C)c1)NCc1sccc1C. The molecule has 0 atom stereocenters. The number of hydrogen-bond acceptors (Lipinski definition) is 4. The van der Waals surface area contributed by atoms with Gasteiger partial charge in [0.25, 0.3) is 0 Å². The molecule has 0 fully saturated rings. The Kier molecular flexibility index (Phi) is 7.76. The van der Waals surface area contributed by atoms with Crippen LogP contribution in [0.4, 0.5) is 0 Å². The zero-order chi connectivity index (χ0) is 18.1. The predicted octanol–water partition coefficient (Wildman–Crippen LogP) is 2.86. The van der Waals surface area contributed by atoms with Crippen molar-refractivity contribution in [3.63, 3.8) is 0 Å². The Morgan fingerprint density at radius 3 is 2.68 bits per heavy atom. The van der Waals surface area contributed by atoms with Crippen LogP contribution in [0.1, 0.15) is 16.0 Å². The number of benzene rings is 1. The maximum atomic E-state index is 5.79. The van der Waals surface area contributed by atoms with Gasteiger partial charge in [-0.05, 0) is 55.7 Å². The third-order valence-electron chi connectivity index (χ3n) is 3.77. The van der Waals surface area contributed by atoms with Crippen LogP contribution in [0, 0.1) is 6.92 Å². The Morgan fingerprint density at radius 1 is 1.20 bits per heavy atom. The molecule has 0 aliphatic heterocycles. The van der Waals surface area contributed by atoms with Crippen molar-refractivity contribution in [3.05, 3.63) is 51.7 Å². The summed E-state index contributed by atoms with van der Waals surface area (Å²) in [7, 11) is 5.87. The number of thiophene rings is 1. The van der Waals surface area contributed by atoms with Gasteiger partial charge in [-0.15, -0.1) is 11.3 Å². The lowest BCUT2D eigenvalue weighted by atomic mass is 10.2. The van der Waals surface area contributed by atoms with E-state index in [2.05, 4.69) is 51.0 Å². The van der Waals surface area contributed by atoms with E-state index < -0.39 is 0 Å². The molecule has 1 aromatic heterocycles. The summed E-state index contributed by atoms with van der Waals surface area (Å²) >= 11 is 1.76. The van der Waals surface area contributed by atoms with Gasteiger partial charge in [0.1, 0.15) is 12.4 Å². The molecule has 2 N–H and O–H groups in total. The Labute approximate surface area is 154 Å². The number of aliphatic imine (C=N–C) groups is 1. The molecule has 6 heteroatoms. The Hall–Kier alpha value is -2.05. The zero-order valence-electron chi connectivity index (χ0n) is 15.5. The minimum Gasteiger partial charge on any atom is -0.492 e. The summed E-state index contributed by atoms with van der Waals surface area (Å²) in [5, 5.41) is 8.82. The predicted molar refractivity (Wildman–Crippen MR) is 107 cm³/mol. The number of ether oxygens (including phenoxy) is 1.